The van der Waals surface area contributed by atoms with E-state index in [1.54, 1.807) is 6.07 Å². The van der Waals surface area contributed by atoms with E-state index >= 15 is 0 Å². The van der Waals surface area contributed by atoms with Crippen LogP contribution in [0.25, 0.3) is 0 Å². The van der Waals surface area contributed by atoms with E-state index in [4.69, 9.17) is 11.6 Å². The molecule has 5 nitrogen and oxygen atoms in total. The Morgan fingerprint density at radius 2 is 1.83 bits per heavy atom. The molecule has 1 aliphatic rings. The lowest BCUT2D eigenvalue weighted by molar-refractivity contribution is -0.113. The number of carbonyl (C=O) groups is 3. The van der Waals surface area contributed by atoms with Crippen molar-refractivity contribution in [1.82, 2.24) is 5.32 Å². The zero-order chi connectivity index (χ0) is 17.1. The highest BCUT2D eigenvalue weighted by molar-refractivity contribution is 7.99. The fraction of sp³-hybridized carbons (Fsp3) is 0.118. The largest absolute Gasteiger partial charge is 0.325 e. The molecule has 0 saturated heterocycles. The number of halogens is 1. The fourth-order valence-electron chi connectivity index (χ4n) is 2.31. The van der Waals surface area contributed by atoms with E-state index in [0.29, 0.717) is 22.0 Å². The molecular formula is C17H13ClN2O3S. The van der Waals surface area contributed by atoms with Gasteiger partial charge in [0.1, 0.15) is 0 Å². The first kappa shape index (κ1) is 16.5. The lowest BCUT2D eigenvalue weighted by Crippen LogP contribution is -2.19. The number of imide groups is 1. The van der Waals surface area contributed by atoms with Gasteiger partial charge in [0.15, 0.2) is 0 Å². The van der Waals surface area contributed by atoms with Gasteiger partial charge in [0, 0.05) is 16.5 Å². The van der Waals surface area contributed by atoms with Crippen molar-refractivity contribution in [3.8, 4) is 0 Å². The number of carbonyl (C=O) groups excluding carboxylic acids is 3. The molecule has 2 aromatic rings. The van der Waals surface area contributed by atoms with Gasteiger partial charge in [-0.1, -0.05) is 29.8 Å². The Bertz CT molecular complexity index is 838. The maximum Gasteiger partial charge on any atom is 0.259 e. The van der Waals surface area contributed by atoms with Crippen LogP contribution in [-0.2, 0) is 10.5 Å². The first-order valence-corrected chi connectivity index (χ1v) is 8.68. The van der Waals surface area contributed by atoms with Crippen molar-refractivity contribution in [2.75, 3.05) is 11.1 Å². The van der Waals surface area contributed by atoms with E-state index in [1.165, 1.54) is 23.9 Å². The second kappa shape index (κ2) is 7.07. The zero-order valence-electron chi connectivity index (χ0n) is 12.5. The molecule has 3 rings (SSSR count). The molecule has 0 unspecified atom stereocenters. The van der Waals surface area contributed by atoms with Crippen LogP contribution in [0.15, 0.2) is 42.5 Å². The van der Waals surface area contributed by atoms with Gasteiger partial charge in [-0.3, -0.25) is 19.7 Å². The highest BCUT2D eigenvalue weighted by atomic mass is 35.5. The summed E-state index contributed by atoms with van der Waals surface area (Å²) in [6.45, 7) is 0. The summed E-state index contributed by atoms with van der Waals surface area (Å²) in [7, 11) is 0. The molecule has 1 aliphatic heterocycles. The van der Waals surface area contributed by atoms with E-state index < -0.39 is 11.8 Å². The van der Waals surface area contributed by atoms with Gasteiger partial charge in [0.05, 0.1) is 16.9 Å². The topological polar surface area (TPSA) is 75.3 Å². The normalized spacial score (nSPS) is 12.7. The number of nitrogens with one attached hydrogen (secondary N) is 2. The van der Waals surface area contributed by atoms with Crippen LogP contribution < -0.4 is 10.6 Å². The molecule has 0 spiro atoms. The van der Waals surface area contributed by atoms with Crippen LogP contribution in [0.4, 0.5) is 5.69 Å². The predicted octanol–water partition coefficient (Wildman–Crippen LogP) is 3.10. The highest BCUT2D eigenvalue weighted by Gasteiger charge is 2.26. The third-order valence-electron chi connectivity index (χ3n) is 3.47. The van der Waals surface area contributed by atoms with Crippen LogP contribution in [-0.4, -0.2) is 23.5 Å². The molecule has 2 aromatic carbocycles. The number of hydrogen-bond acceptors (Lipinski definition) is 4. The molecule has 0 atom stereocenters. The first-order chi connectivity index (χ1) is 11.5. The van der Waals surface area contributed by atoms with Crippen LogP contribution in [0.2, 0.25) is 5.02 Å². The summed E-state index contributed by atoms with van der Waals surface area (Å²) < 4.78 is 0. The Balaban J connectivity index is 1.56. The standard InChI is InChI=1S/C17H13ClN2O3S/c18-14-4-2-1-3-10(14)8-24-9-15(21)19-11-5-6-12-13(7-11)17(23)20-16(12)22/h1-7H,8-9H2,(H,19,21)(H,20,22,23). The summed E-state index contributed by atoms with van der Waals surface area (Å²) in [5.41, 5.74) is 2.07. The lowest BCUT2D eigenvalue weighted by atomic mass is 10.1. The van der Waals surface area contributed by atoms with Gasteiger partial charge in [-0.25, -0.2) is 0 Å². The summed E-state index contributed by atoms with van der Waals surface area (Å²) in [6, 6.07) is 12.1. The van der Waals surface area contributed by atoms with E-state index in [-0.39, 0.29) is 17.2 Å². The van der Waals surface area contributed by atoms with Crippen molar-refractivity contribution in [2.24, 2.45) is 0 Å². The molecule has 0 aromatic heterocycles. The smallest absolute Gasteiger partial charge is 0.259 e. The van der Waals surface area contributed by atoms with Crippen LogP contribution in [0.3, 0.4) is 0 Å². The molecule has 0 bridgehead atoms. The summed E-state index contributed by atoms with van der Waals surface area (Å²) in [6.07, 6.45) is 0. The Morgan fingerprint density at radius 3 is 2.62 bits per heavy atom. The molecule has 1 heterocycles. The summed E-state index contributed by atoms with van der Waals surface area (Å²) in [5.74, 6) is -0.152. The van der Waals surface area contributed by atoms with Gasteiger partial charge in [0.2, 0.25) is 5.91 Å². The van der Waals surface area contributed by atoms with E-state index in [1.807, 2.05) is 24.3 Å². The van der Waals surface area contributed by atoms with Crippen molar-refractivity contribution in [1.29, 1.82) is 0 Å². The maximum absolute atomic E-state index is 12.0. The summed E-state index contributed by atoms with van der Waals surface area (Å²) in [5, 5.41) is 5.62. The molecule has 24 heavy (non-hydrogen) atoms. The van der Waals surface area contributed by atoms with Crippen LogP contribution in [0.5, 0.6) is 0 Å². The maximum atomic E-state index is 12.0. The molecule has 0 saturated carbocycles. The summed E-state index contributed by atoms with van der Waals surface area (Å²) in [4.78, 5) is 35.1. The van der Waals surface area contributed by atoms with Crippen molar-refractivity contribution in [3.05, 3.63) is 64.2 Å². The van der Waals surface area contributed by atoms with Crippen LogP contribution >= 0.6 is 23.4 Å². The Hall–Kier alpha value is -2.31. The molecule has 2 N–H and O–H groups in total. The number of anilines is 1. The van der Waals surface area contributed by atoms with Crippen LogP contribution in [0.1, 0.15) is 26.3 Å². The molecule has 0 radical (unpaired) electrons. The van der Waals surface area contributed by atoms with E-state index in [9.17, 15) is 14.4 Å². The molecular weight excluding hydrogens is 348 g/mol. The minimum atomic E-state index is -0.445. The van der Waals surface area contributed by atoms with Crippen LogP contribution in [0, 0.1) is 0 Å². The fourth-order valence-corrected chi connectivity index (χ4v) is 3.42. The lowest BCUT2D eigenvalue weighted by Gasteiger charge is -2.07. The zero-order valence-corrected chi connectivity index (χ0v) is 14.0. The molecule has 3 amide bonds. The van der Waals surface area contributed by atoms with E-state index in [2.05, 4.69) is 10.6 Å². The number of benzene rings is 2. The third kappa shape index (κ3) is 3.60. The van der Waals surface area contributed by atoms with Crippen molar-refractivity contribution < 1.29 is 14.4 Å². The van der Waals surface area contributed by atoms with Gasteiger partial charge >= 0.3 is 0 Å². The minimum Gasteiger partial charge on any atom is -0.325 e. The number of thioether (sulfide) groups is 1. The van der Waals surface area contributed by atoms with Gasteiger partial charge in [0.25, 0.3) is 11.8 Å². The second-order valence-corrected chi connectivity index (χ2v) is 6.57. The third-order valence-corrected chi connectivity index (χ3v) is 4.82. The average molecular weight is 361 g/mol. The van der Waals surface area contributed by atoms with Gasteiger partial charge in [-0.05, 0) is 29.8 Å². The molecule has 122 valence electrons. The molecule has 0 fully saturated rings. The number of fused-ring (bicyclic) bond motifs is 1. The van der Waals surface area contributed by atoms with Gasteiger partial charge < -0.3 is 5.32 Å². The Labute approximate surface area is 147 Å². The Kier molecular flexibility index (Phi) is 4.87. The number of hydrogen-bond donors (Lipinski definition) is 2. The predicted molar refractivity (Wildman–Crippen MR) is 94.5 cm³/mol. The SMILES string of the molecule is O=C(CSCc1ccccc1Cl)Nc1ccc2c(c1)C(=O)NC2=O. The molecule has 7 heteroatoms. The van der Waals surface area contributed by atoms with Gasteiger partial charge in [-0.15, -0.1) is 11.8 Å². The molecule has 0 aliphatic carbocycles. The Morgan fingerprint density at radius 1 is 1.08 bits per heavy atom. The highest BCUT2D eigenvalue weighted by Crippen LogP contribution is 2.22. The second-order valence-electron chi connectivity index (χ2n) is 5.18. The van der Waals surface area contributed by atoms with Crippen molar-refractivity contribution in [3.63, 3.8) is 0 Å². The first-order valence-electron chi connectivity index (χ1n) is 7.15. The minimum absolute atomic E-state index is 0.184. The van der Waals surface area contributed by atoms with Crippen molar-refractivity contribution >= 4 is 46.8 Å². The van der Waals surface area contributed by atoms with Crippen molar-refractivity contribution in [2.45, 2.75) is 5.75 Å². The monoisotopic (exact) mass is 360 g/mol. The quantitative estimate of drug-likeness (QED) is 0.803. The summed E-state index contributed by atoms with van der Waals surface area (Å²) >= 11 is 7.51. The number of rotatable bonds is 5. The van der Waals surface area contributed by atoms with Gasteiger partial charge in [-0.2, -0.15) is 0 Å². The average Bonchev–Trinajstić information content (AvgIpc) is 2.83. The van der Waals surface area contributed by atoms with E-state index in [0.717, 1.165) is 5.56 Å². The number of amides is 3.